The van der Waals surface area contributed by atoms with Crippen molar-refractivity contribution in [3.05, 3.63) is 35.4 Å². The van der Waals surface area contributed by atoms with Crippen molar-refractivity contribution in [2.24, 2.45) is 0 Å². The fourth-order valence-corrected chi connectivity index (χ4v) is 2.87. The van der Waals surface area contributed by atoms with E-state index in [0.29, 0.717) is 17.7 Å². The van der Waals surface area contributed by atoms with Gasteiger partial charge in [-0.05, 0) is 12.1 Å². The Balaban J connectivity index is 1.49. The van der Waals surface area contributed by atoms with Crippen molar-refractivity contribution in [2.45, 2.75) is 0 Å². The number of carbonyl (C=O) groups excluding carboxylic acids is 3. The van der Waals surface area contributed by atoms with Crippen LogP contribution in [0.3, 0.4) is 0 Å². The zero-order valence-electron chi connectivity index (χ0n) is 12.9. The second-order valence-corrected chi connectivity index (χ2v) is 5.68. The molecule has 0 aliphatic carbocycles. The highest BCUT2D eigenvalue weighted by molar-refractivity contribution is 6.22. The van der Waals surface area contributed by atoms with Gasteiger partial charge in [-0.3, -0.25) is 24.2 Å². The minimum absolute atomic E-state index is 0.228. The summed E-state index contributed by atoms with van der Waals surface area (Å²) in [5.41, 5.74) is 0.734. The van der Waals surface area contributed by atoms with E-state index in [1.165, 1.54) is 0 Å². The average molecular weight is 316 g/mol. The van der Waals surface area contributed by atoms with Gasteiger partial charge >= 0.3 is 0 Å². The van der Waals surface area contributed by atoms with Crippen LogP contribution in [0.25, 0.3) is 0 Å². The summed E-state index contributed by atoms with van der Waals surface area (Å²) in [5, 5.41) is 6.05. The average Bonchev–Trinajstić information content (AvgIpc) is 2.81. The summed E-state index contributed by atoms with van der Waals surface area (Å²) in [7, 11) is 0. The maximum atomic E-state index is 12.2. The van der Waals surface area contributed by atoms with E-state index in [1.54, 1.807) is 24.3 Å². The van der Waals surface area contributed by atoms with Gasteiger partial charge in [0.1, 0.15) is 6.54 Å². The van der Waals surface area contributed by atoms with Gasteiger partial charge in [-0.15, -0.1) is 0 Å². The van der Waals surface area contributed by atoms with E-state index in [4.69, 9.17) is 0 Å². The second kappa shape index (κ2) is 6.89. The van der Waals surface area contributed by atoms with Crippen LogP contribution in [0.15, 0.2) is 24.3 Å². The van der Waals surface area contributed by atoms with Crippen LogP contribution in [-0.2, 0) is 4.79 Å². The predicted octanol–water partition coefficient (Wildman–Crippen LogP) is -0.696. The van der Waals surface area contributed by atoms with E-state index >= 15 is 0 Å². The molecule has 3 rings (SSSR count). The Bertz CT molecular complexity index is 591. The van der Waals surface area contributed by atoms with E-state index in [1.807, 2.05) is 0 Å². The molecule has 23 heavy (non-hydrogen) atoms. The first-order valence-electron chi connectivity index (χ1n) is 7.82. The maximum Gasteiger partial charge on any atom is 0.262 e. The second-order valence-electron chi connectivity index (χ2n) is 5.68. The van der Waals surface area contributed by atoms with Crippen LogP contribution in [0.1, 0.15) is 20.7 Å². The highest BCUT2D eigenvalue weighted by Gasteiger charge is 2.36. The molecule has 0 atom stereocenters. The van der Waals surface area contributed by atoms with Crippen LogP contribution in [0.2, 0.25) is 0 Å². The Labute approximate surface area is 134 Å². The van der Waals surface area contributed by atoms with Crippen molar-refractivity contribution < 1.29 is 14.4 Å². The molecule has 7 heteroatoms. The number of rotatable bonds is 5. The van der Waals surface area contributed by atoms with Crippen LogP contribution in [0, 0.1) is 0 Å². The summed E-state index contributed by atoms with van der Waals surface area (Å²) in [5.74, 6) is -1.11. The lowest BCUT2D eigenvalue weighted by Crippen LogP contribution is -2.47. The van der Waals surface area contributed by atoms with E-state index in [-0.39, 0.29) is 12.5 Å². The number of hydrogen-bond acceptors (Lipinski definition) is 5. The summed E-state index contributed by atoms with van der Waals surface area (Å²) in [6, 6.07) is 6.64. The molecule has 2 aliphatic rings. The number of amides is 3. The normalized spacial score (nSPS) is 18.2. The van der Waals surface area contributed by atoms with Gasteiger partial charge in [-0.25, -0.2) is 0 Å². The zero-order valence-corrected chi connectivity index (χ0v) is 12.9. The molecular formula is C16H20N4O3. The molecule has 1 saturated heterocycles. The van der Waals surface area contributed by atoms with Crippen LogP contribution >= 0.6 is 0 Å². The maximum absolute atomic E-state index is 12.2. The van der Waals surface area contributed by atoms with E-state index in [2.05, 4.69) is 15.5 Å². The number of nitrogens with zero attached hydrogens (tertiary/aromatic N) is 2. The number of hydrogen-bond donors (Lipinski definition) is 2. The van der Waals surface area contributed by atoms with Crippen molar-refractivity contribution >= 4 is 17.7 Å². The monoisotopic (exact) mass is 316 g/mol. The molecule has 1 aromatic carbocycles. The Kier molecular flexibility index (Phi) is 4.68. The number of benzene rings is 1. The lowest BCUT2D eigenvalue weighted by atomic mass is 10.1. The van der Waals surface area contributed by atoms with Gasteiger partial charge in [0, 0.05) is 39.3 Å². The minimum atomic E-state index is -0.400. The first-order chi connectivity index (χ1) is 11.2. The predicted molar refractivity (Wildman–Crippen MR) is 84.1 cm³/mol. The Morgan fingerprint density at radius 3 is 2.30 bits per heavy atom. The highest BCUT2D eigenvalue weighted by atomic mass is 16.2. The van der Waals surface area contributed by atoms with Crippen LogP contribution < -0.4 is 10.6 Å². The molecule has 0 unspecified atom stereocenters. The molecule has 7 nitrogen and oxygen atoms in total. The molecule has 1 fully saturated rings. The first-order valence-corrected chi connectivity index (χ1v) is 7.82. The largest absolute Gasteiger partial charge is 0.353 e. The molecule has 2 heterocycles. The number of piperazine rings is 1. The van der Waals surface area contributed by atoms with Gasteiger partial charge in [-0.2, -0.15) is 0 Å². The molecule has 3 amide bonds. The number of imide groups is 1. The summed E-state index contributed by atoms with van der Waals surface area (Å²) in [6.07, 6.45) is 0. The topological polar surface area (TPSA) is 81.8 Å². The van der Waals surface area contributed by atoms with Gasteiger partial charge < -0.3 is 10.6 Å². The van der Waals surface area contributed by atoms with Crippen molar-refractivity contribution in [3.63, 3.8) is 0 Å². The van der Waals surface area contributed by atoms with E-state index in [9.17, 15) is 14.4 Å². The summed E-state index contributed by atoms with van der Waals surface area (Å²) in [4.78, 5) is 39.6. The van der Waals surface area contributed by atoms with Crippen molar-refractivity contribution in [2.75, 3.05) is 45.8 Å². The van der Waals surface area contributed by atoms with Crippen molar-refractivity contribution in [1.29, 1.82) is 0 Å². The van der Waals surface area contributed by atoms with Gasteiger partial charge in [-0.1, -0.05) is 12.1 Å². The lowest BCUT2D eigenvalue weighted by molar-refractivity contribution is -0.121. The molecule has 2 aliphatic heterocycles. The number of carbonyl (C=O) groups is 3. The van der Waals surface area contributed by atoms with Gasteiger partial charge in [0.15, 0.2) is 0 Å². The fourth-order valence-electron chi connectivity index (χ4n) is 2.87. The molecule has 0 saturated carbocycles. The molecule has 2 N–H and O–H groups in total. The molecular weight excluding hydrogens is 296 g/mol. The summed E-state index contributed by atoms with van der Waals surface area (Å²) >= 11 is 0. The van der Waals surface area contributed by atoms with Gasteiger partial charge in [0.2, 0.25) is 5.91 Å². The molecule has 0 aromatic heterocycles. The van der Waals surface area contributed by atoms with Gasteiger partial charge in [0.05, 0.1) is 11.1 Å². The van der Waals surface area contributed by atoms with Crippen LogP contribution in [0.5, 0.6) is 0 Å². The molecule has 0 radical (unpaired) electrons. The van der Waals surface area contributed by atoms with Crippen molar-refractivity contribution in [1.82, 2.24) is 20.4 Å². The third-order valence-electron chi connectivity index (χ3n) is 4.14. The lowest BCUT2D eigenvalue weighted by Gasteiger charge is -2.27. The van der Waals surface area contributed by atoms with Crippen molar-refractivity contribution in [3.8, 4) is 0 Å². The standard InChI is InChI=1S/C16H20N4O3/c21-14(18-7-10-19-8-5-17-6-9-19)11-20-15(22)12-3-1-2-4-13(12)16(20)23/h1-4,17H,5-11H2,(H,18,21). The highest BCUT2D eigenvalue weighted by Crippen LogP contribution is 2.21. The fraction of sp³-hybridized carbons (Fsp3) is 0.438. The Morgan fingerprint density at radius 1 is 1.09 bits per heavy atom. The van der Waals surface area contributed by atoms with Crippen LogP contribution in [-0.4, -0.2) is 73.3 Å². The number of fused-ring (bicyclic) bond motifs is 1. The minimum Gasteiger partial charge on any atom is -0.353 e. The quantitative estimate of drug-likeness (QED) is 0.703. The van der Waals surface area contributed by atoms with Gasteiger partial charge in [0.25, 0.3) is 11.8 Å². The number of nitrogens with one attached hydrogen (secondary N) is 2. The van der Waals surface area contributed by atoms with E-state index < -0.39 is 11.8 Å². The summed E-state index contributed by atoms with van der Waals surface area (Å²) in [6.45, 7) is 4.92. The molecule has 122 valence electrons. The smallest absolute Gasteiger partial charge is 0.262 e. The molecule has 1 aromatic rings. The van der Waals surface area contributed by atoms with Crippen LogP contribution in [0.4, 0.5) is 0 Å². The Hall–Kier alpha value is -2.25. The third-order valence-corrected chi connectivity index (χ3v) is 4.14. The Morgan fingerprint density at radius 2 is 1.70 bits per heavy atom. The third kappa shape index (κ3) is 3.40. The summed E-state index contributed by atoms with van der Waals surface area (Å²) < 4.78 is 0. The SMILES string of the molecule is O=C(CN1C(=O)c2ccccc2C1=O)NCCN1CCNCC1. The molecule has 0 spiro atoms. The molecule has 0 bridgehead atoms. The van der Waals surface area contributed by atoms with E-state index in [0.717, 1.165) is 37.6 Å². The first kappa shape index (κ1) is 15.6. The zero-order chi connectivity index (χ0) is 16.2.